The summed E-state index contributed by atoms with van der Waals surface area (Å²) in [6.45, 7) is 3.88. The van der Waals surface area contributed by atoms with Gasteiger partial charge in [-0.1, -0.05) is 36.9 Å². The number of carbonyl (C=O) groups excluding carboxylic acids is 2. The minimum atomic E-state index is -3.59. The number of carbonyl (C=O) groups is 2. The van der Waals surface area contributed by atoms with Gasteiger partial charge in [0.05, 0.1) is 23.8 Å². The van der Waals surface area contributed by atoms with Crippen molar-refractivity contribution in [3.63, 3.8) is 0 Å². The van der Waals surface area contributed by atoms with Gasteiger partial charge in [0, 0.05) is 31.7 Å². The Morgan fingerprint density at radius 2 is 1.80 bits per heavy atom. The average Bonchev–Trinajstić information content (AvgIpc) is 3.14. The van der Waals surface area contributed by atoms with Crippen LogP contribution in [0.25, 0.3) is 0 Å². The van der Waals surface area contributed by atoms with E-state index in [2.05, 4.69) is 10.3 Å². The topological polar surface area (TPSA) is 108 Å². The number of rotatable bonds is 8. The summed E-state index contributed by atoms with van der Waals surface area (Å²) < 4.78 is 32.3. The number of nitrogens with one attached hydrogen (secondary N) is 1. The monoisotopic (exact) mass is 516 g/mol. The number of morpholine rings is 1. The van der Waals surface area contributed by atoms with Crippen LogP contribution < -0.4 is 5.32 Å². The molecule has 0 bridgehead atoms. The van der Waals surface area contributed by atoms with Gasteiger partial charge < -0.3 is 10.1 Å². The Balaban J connectivity index is 1.47. The van der Waals surface area contributed by atoms with Crippen LogP contribution in [0.3, 0.4) is 0 Å². The molecule has 0 unspecified atom stereocenters. The highest BCUT2D eigenvalue weighted by Gasteiger charge is 2.38. The molecule has 2 amide bonds. The number of para-hydroxylation sites is 1. The van der Waals surface area contributed by atoms with Crippen molar-refractivity contribution in [1.82, 2.24) is 9.21 Å². The van der Waals surface area contributed by atoms with E-state index in [4.69, 9.17) is 4.74 Å². The van der Waals surface area contributed by atoms with Crippen LogP contribution in [-0.4, -0.2) is 72.7 Å². The van der Waals surface area contributed by atoms with Gasteiger partial charge in [-0.25, -0.2) is 13.4 Å². The first-order chi connectivity index (χ1) is 16.9. The molecule has 0 saturated carbocycles. The van der Waals surface area contributed by atoms with E-state index in [0.29, 0.717) is 49.4 Å². The van der Waals surface area contributed by atoms with Crippen molar-refractivity contribution in [3.8, 4) is 0 Å². The van der Waals surface area contributed by atoms with E-state index in [9.17, 15) is 18.0 Å². The molecule has 35 heavy (non-hydrogen) atoms. The Bertz CT molecular complexity index is 1180. The van der Waals surface area contributed by atoms with Crippen molar-refractivity contribution < 1.29 is 22.7 Å². The molecule has 1 atom stereocenters. The molecular weight excluding hydrogens is 488 g/mol. The highest BCUT2D eigenvalue weighted by Crippen LogP contribution is 2.32. The fourth-order valence-electron chi connectivity index (χ4n) is 3.80. The van der Waals surface area contributed by atoms with Crippen LogP contribution in [0, 0.1) is 0 Å². The molecule has 186 valence electrons. The van der Waals surface area contributed by atoms with Gasteiger partial charge in [0.2, 0.25) is 21.8 Å². The van der Waals surface area contributed by atoms with E-state index in [1.54, 1.807) is 29.2 Å². The van der Waals surface area contributed by atoms with Crippen molar-refractivity contribution in [2.45, 2.75) is 29.9 Å². The molecule has 11 heteroatoms. The van der Waals surface area contributed by atoms with Gasteiger partial charge in [0.15, 0.2) is 5.17 Å². The van der Waals surface area contributed by atoms with Gasteiger partial charge >= 0.3 is 0 Å². The zero-order valence-electron chi connectivity index (χ0n) is 19.4. The average molecular weight is 517 g/mol. The van der Waals surface area contributed by atoms with Gasteiger partial charge in [0.1, 0.15) is 5.25 Å². The minimum Gasteiger partial charge on any atom is -0.379 e. The van der Waals surface area contributed by atoms with Gasteiger partial charge in [-0.05, 0) is 42.8 Å². The van der Waals surface area contributed by atoms with Gasteiger partial charge in [-0.3, -0.25) is 14.5 Å². The number of ether oxygens (including phenoxy) is 1. The summed E-state index contributed by atoms with van der Waals surface area (Å²) in [5.41, 5.74) is 1.22. The third-order valence-corrected chi connectivity index (χ3v) is 8.65. The lowest BCUT2D eigenvalue weighted by molar-refractivity contribution is -0.128. The largest absolute Gasteiger partial charge is 0.379 e. The molecule has 0 radical (unpaired) electrons. The predicted molar refractivity (Wildman–Crippen MR) is 136 cm³/mol. The number of thioether (sulfide) groups is 1. The summed E-state index contributed by atoms with van der Waals surface area (Å²) in [5, 5.41) is 2.76. The first-order valence-electron chi connectivity index (χ1n) is 11.5. The first-order valence-corrected chi connectivity index (χ1v) is 13.8. The maximum absolute atomic E-state index is 13.0. The van der Waals surface area contributed by atoms with Crippen LogP contribution in [-0.2, 0) is 24.3 Å². The highest BCUT2D eigenvalue weighted by atomic mass is 32.2. The first kappa shape index (κ1) is 25.4. The molecule has 2 aliphatic heterocycles. The molecule has 2 aliphatic rings. The molecular formula is C24H28N4O5S2. The fourth-order valence-corrected chi connectivity index (χ4v) is 6.39. The Labute approximate surface area is 209 Å². The van der Waals surface area contributed by atoms with E-state index in [1.807, 2.05) is 25.1 Å². The zero-order valence-corrected chi connectivity index (χ0v) is 21.1. The minimum absolute atomic E-state index is 0.0361. The number of sulfonamides is 1. The molecule has 9 nitrogen and oxygen atoms in total. The van der Waals surface area contributed by atoms with E-state index >= 15 is 0 Å². The Hall–Kier alpha value is -2.73. The molecule has 4 rings (SSSR count). The van der Waals surface area contributed by atoms with Gasteiger partial charge in [-0.2, -0.15) is 4.31 Å². The molecule has 0 spiro atoms. The standard InChI is InChI=1S/C24H28N4O5S2/c1-2-12-28-23(30)21(17-22(29)25-18-6-4-3-5-7-18)34-24(28)26-19-8-10-20(11-9-19)35(31,32)27-13-15-33-16-14-27/h3-11,21H,2,12-17H2,1H3,(H,25,29)/t21-/m0/s1. The van der Waals surface area contributed by atoms with E-state index < -0.39 is 15.3 Å². The van der Waals surface area contributed by atoms with E-state index in [-0.39, 0.29) is 23.1 Å². The smallest absolute Gasteiger partial charge is 0.243 e. The lowest BCUT2D eigenvalue weighted by Gasteiger charge is -2.26. The molecule has 1 N–H and O–H groups in total. The van der Waals surface area contributed by atoms with Crippen LogP contribution in [0.15, 0.2) is 64.5 Å². The second kappa shape index (κ2) is 11.3. The van der Waals surface area contributed by atoms with Gasteiger partial charge in [0.25, 0.3) is 0 Å². The summed E-state index contributed by atoms with van der Waals surface area (Å²) >= 11 is 1.26. The maximum atomic E-state index is 13.0. The number of benzene rings is 2. The van der Waals surface area contributed by atoms with Crippen molar-refractivity contribution in [2.75, 3.05) is 38.2 Å². The highest BCUT2D eigenvalue weighted by molar-refractivity contribution is 8.15. The fraction of sp³-hybridized carbons (Fsp3) is 0.375. The molecule has 2 heterocycles. The van der Waals surface area contributed by atoms with Crippen LogP contribution in [0.2, 0.25) is 0 Å². The molecule has 2 aromatic rings. The maximum Gasteiger partial charge on any atom is 0.243 e. The summed E-state index contributed by atoms with van der Waals surface area (Å²) in [6.07, 6.45) is 0.777. The quantitative estimate of drug-likeness (QED) is 0.578. The number of amides is 2. The van der Waals surface area contributed by atoms with Crippen molar-refractivity contribution in [2.24, 2.45) is 4.99 Å². The number of aliphatic imine (C=N–C) groups is 1. The van der Waals surface area contributed by atoms with Crippen LogP contribution in [0.5, 0.6) is 0 Å². The predicted octanol–water partition coefficient (Wildman–Crippen LogP) is 3.08. The third-order valence-electron chi connectivity index (χ3n) is 5.56. The van der Waals surface area contributed by atoms with Crippen LogP contribution >= 0.6 is 11.8 Å². The molecule has 2 fully saturated rings. The number of nitrogens with zero attached hydrogens (tertiary/aromatic N) is 3. The number of hydrogen-bond donors (Lipinski definition) is 1. The molecule has 0 aromatic heterocycles. The van der Waals surface area contributed by atoms with Crippen LogP contribution in [0.1, 0.15) is 19.8 Å². The van der Waals surface area contributed by atoms with Crippen molar-refractivity contribution in [1.29, 1.82) is 0 Å². The Morgan fingerprint density at radius 1 is 1.11 bits per heavy atom. The second-order valence-corrected chi connectivity index (χ2v) is 11.2. The normalized spacial score (nSPS) is 20.4. The lowest BCUT2D eigenvalue weighted by Crippen LogP contribution is -2.40. The SMILES string of the molecule is CCCN1C(=O)[C@H](CC(=O)Nc2ccccc2)SC1=Nc1ccc(S(=O)(=O)N2CCOCC2)cc1. The Kier molecular flexibility index (Phi) is 8.22. The van der Waals surface area contributed by atoms with Crippen molar-refractivity contribution >= 4 is 50.1 Å². The zero-order chi connectivity index (χ0) is 24.8. The number of hydrogen-bond acceptors (Lipinski definition) is 7. The van der Waals surface area contributed by atoms with E-state index in [0.717, 1.165) is 6.42 Å². The van der Waals surface area contributed by atoms with E-state index in [1.165, 1.54) is 28.2 Å². The van der Waals surface area contributed by atoms with Gasteiger partial charge in [-0.15, -0.1) is 0 Å². The second-order valence-electron chi connectivity index (χ2n) is 8.12. The molecule has 0 aliphatic carbocycles. The third kappa shape index (κ3) is 6.10. The Morgan fingerprint density at radius 3 is 2.46 bits per heavy atom. The summed E-state index contributed by atoms with van der Waals surface area (Å²) in [6, 6.07) is 15.4. The van der Waals surface area contributed by atoms with Crippen LogP contribution in [0.4, 0.5) is 11.4 Å². The summed E-state index contributed by atoms with van der Waals surface area (Å²) in [7, 11) is -3.59. The lowest BCUT2D eigenvalue weighted by atomic mass is 10.2. The molecule has 2 saturated heterocycles. The summed E-state index contributed by atoms with van der Waals surface area (Å²) in [4.78, 5) is 31.9. The number of anilines is 1. The van der Waals surface area contributed by atoms with Crippen molar-refractivity contribution in [3.05, 3.63) is 54.6 Å². The number of amidine groups is 1. The molecule has 2 aromatic carbocycles. The summed E-state index contributed by atoms with van der Waals surface area (Å²) in [5.74, 6) is -0.386.